The second kappa shape index (κ2) is 8.53. The Morgan fingerprint density at radius 3 is 2.46 bits per heavy atom. The van der Waals surface area contributed by atoms with Crippen molar-refractivity contribution in [3.63, 3.8) is 0 Å². The Morgan fingerprint density at radius 1 is 1.21 bits per heavy atom. The Bertz CT molecular complexity index is 961. The SMILES string of the molecule is CCn1c(=O)c(C(=O)CN(CCO)C2CC2)c(N)n(Cc2ccccc2)c1=O. The fraction of sp³-hybridized carbons (Fsp3) is 0.450. The first kappa shape index (κ1) is 20.0. The van der Waals surface area contributed by atoms with Crippen LogP contribution >= 0.6 is 0 Å². The van der Waals surface area contributed by atoms with Gasteiger partial charge in [0.15, 0.2) is 5.78 Å². The summed E-state index contributed by atoms with van der Waals surface area (Å²) in [7, 11) is 0. The number of nitrogens with zero attached hydrogens (tertiary/aromatic N) is 3. The van der Waals surface area contributed by atoms with Gasteiger partial charge in [0, 0.05) is 19.1 Å². The third kappa shape index (κ3) is 4.07. The van der Waals surface area contributed by atoms with Gasteiger partial charge in [-0.2, -0.15) is 0 Å². The Kier molecular flexibility index (Phi) is 6.11. The molecule has 1 aromatic heterocycles. The predicted octanol–water partition coefficient (Wildman–Crippen LogP) is 0.300. The van der Waals surface area contributed by atoms with Crippen molar-refractivity contribution in [2.45, 2.75) is 38.9 Å². The number of aliphatic hydroxyl groups excluding tert-OH is 1. The number of ketones is 1. The molecule has 0 atom stereocenters. The number of benzene rings is 1. The second-order valence-corrected chi connectivity index (χ2v) is 7.01. The normalized spacial score (nSPS) is 13.8. The maximum absolute atomic E-state index is 13.0. The molecule has 1 aliphatic rings. The lowest BCUT2D eigenvalue weighted by Crippen LogP contribution is -2.45. The number of carbonyl (C=O) groups excluding carboxylic acids is 1. The Hall–Kier alpha value is -2.71. The highest BCUT2D eigenvalue weighted by molar-refractivity contribution is 6.01. The zero-order chi connectivity index (χ0) is 20.3. The molecule has 28 heavy (non-hydrogen) atoms. The highest BCUT2D eigenvalue weighted by Crippen LogP contribution is 2.26. The smallest absolute Gasteiger partial charge is 0.332 e. The van der Waals surface area contributed by atoms with Gasteiger partial charge in [-0.1, -0.05) is 30.3 Å². The van der Waals surface area contributed by atoms with Crippen molar-refractivity contribution < 1.29 is 9.90 Å². The van der Waals surface area contributed by atoms with Crippen LogP contribution in [0, 0.1) is 0 Å². The minimum absolute atomic E-state index is 0.00206. The molecule has 8 nitrogen and oxygen atoms in total. The van der Waals surface area contributed by atoms with Crippen molar-refractivity contribution in [3.8, 4) is 0 Å². The van der Waals surface area contributed by atoms with Crippen molar-refractivity contribution in [2.75, 3.05) is 25.4 Å². The number of hydrogen-bond acceptors (Lipinski definition) is 6. The lowest BCUT2D eigenvalue weighted by molar-refractivity contribution is 0.0905. The summed E-state index contributed by atoms with van der Waals surface area (Å²) >= 11 is 0. The maximum Gasteiger partial charge on any atom is 0.332 e. The molecular weight excluding hydrogens is 360 g/mol. The monoisotopic (exact) mass is 386 g/mol. The number of hydrogen-bond donors (Lipinski definition) is 2. The van der Waals surface area contributed by atoms with Gasteiger partial charge in [-0.3, -0.25) is 23.6 Å². The van der Waals surface area contributed by atoms with E-state index in [4.69, 9.17) is 5.73 Å². The van der Waals surface area contributed by atoms with Crippen LogP contribution < -0.4 is 17.0 Å². The Morgan fingerprint density at radius 2 is 1.89 bits per heavy atom. The van der Waals surface area contributed by atoms with Crippen molar-refractivity contribution in [1.29, 1.82) is 0 Å². The van der Waals surface area contributed by atoms with E-state index in [2.05, 4.69) is 0 Å². The first-order chi connectivity index (χ1) is 13.5. The van der Waals surface area contributed by atoms with Gasteiger partial charge < -0.3 is 10.8 Å². The topological polar surface area (TPSA) is 111 Å². The molecule has 150 valence electrons. The fourth-order valence-electron chi connectivity index (χ4n) is 3.40. The highest BCUT2D eigenvalue weighted by Gasteiger charge is 2.32. The van der Waals surface area contributed by atoms with Gasteiger partial charge in [-0.05, 0) is 25.3 Å². The minimum Gasteiger partial charge on any atom is -0.395 e. The fourth-order valence-corrected chi connectivity index (χ4v) is 3.40. The van der Waals surface area contributed by atoms with Crippen LogP contribution in [0.1, 0.15) is 35.7 Å². The number of nitrogens with two attached hydrogens (primary N) is 1. The molecule has 1 fully saturated rings. The van der Waals surface area contributed by atoms with Crippen molar-refractivity contribution >= 4 is 11.6 Å². The lowest BCUT2D eigenvalue weighted by atomic mass is 10.1. The zero-order valence-electron chi connectivity index (χ0n) is 16.0. The molecule has 1 aliphatic carbocycles. The molecule has 0 spiro atoms. The summed E-state index contributed by atoms with van der Waals surface area (Å²) < 4.78 is 2.32. The van der Waals surface area contributed by atoms with E-state index >= 15 is 0 Å². The quantitative estimate of drug-likeness (QED) is 0.600. The Balaban J connectivity index is 2.02. The molecule has 1 aromatic carbocycles. The van der Waals surface area contributed by atoms with Crippen molar-refractivity contribution in [3.05, 3.63) is 62.3 Å². The summed E-state index contributed by atoms with van der Waals surface area (Å²) in [6, 6.07) is 9.52. The van der Waals surface area contributed by atoms with Gasteiger partial charge in [-0.15, -0.1) is 0 Å². The van der Waals surface area contributed by atoms with E-state index in [1.165, 1.54) is 4.57 Å². The number of nitrogen functional groups attached to an aromatic ring is 1. The van der Waals surface area contributed by atoms with Crippen LogP contribution in [0.4, 0.5) is 5.82 Å². The summed E-state index contributed by atoms with van der Waals surface area (Å²) in [4.78, 5) is 40.4. The van der Waals surface area contributed by atoms with Gasteiger partial charge in [-0.25, -0.2) is 4.79 Å². The highest BCUT2D eigenvalue weighted by atomic mass is 16.3. The van der Waals surface area contributed by atoms with Crippen LogP contribution in [-0.4, -0.2) is 50.7 Å². The number of aromatic nitrogens is 2. The van der Waals surface area contributed by atoms with E-state index < -0.39 is 17.0 Å². The summed E-state index contributed by atoms with van der Waals surface area (Å²) in [5, 5.41) is 9.24. The Labute approximate surface area is 162 Å². The van der Waals surface area contributed by atoms with Gasteiger partial charge in [0.2, 0.25) is 0 Å². The standard InChI is InChI=1S/C20H26N4O4/c1-2-23-19(27)17(16(26)13-22(10-11-25)15-8-9-15)18(21)24(20(23)28)12-14-6-4-3-5-7-14/h3-7,15,25H,2,8-13,21H2,1H3. The molecular formula is C20H26N4O4. The maximum atomic E-state index is 13.0. The van der Waals surface area contributed by atoms with Crippen molar-refractivity contribution in [2.24, 2.45) is 0 Å². The second-order valence-electron chi connectivity index (χ2n) is 7.01. The number of anilines is 1. The largest absolute Gasteiger partial charge is 0.395 e. The molecule has 3 N–H and O–H groups in total. The van der Waals surface area contributed by atoms with E-state index in [-0.39, 0.29) is 43.7 Å². The van der Waals surface area contributed by atoms with Crippen LogP contribution in [0.15, 0.2) is 39.9 Å². The average Bonchev–Trinajstić information content (AvgIpc) is 3.51. The van der Waals surface area contributed by atoms with Crippen LogP contribution in [0.5, 0.6) is 0 Å². The lowest BCUT2D eigenvalue weighted by Gasteiger charge is -2.21. The molecule has 0 saturated heterocycles. The molecule has 0 radical (unpaired) electrons. The molecule has 1 saturated carbocycles. The molecule has 3 rings (SSSR count). The molecule has 0 bridgehead atoms. The summed E-state index contributed by atoms with van der Waals surface area (Å²) in [6.07, 6.45) is 1.94. The third-order valence-corrected chi connectivity index (χ3v) is 5.04. The third-order valence-electron chi connectivity index (χ3n) is 5.04. The van der Waals surface area contributed by atoms with Crippen LogP contribution in [0.3, 0.4) is 0 Å². The predicted molar refractivity (Wildman–Crippen MR) is 107 cm³/mol. The molecule has 8 heteroatoms. The van der Waals surface area contributed by atoms with Gasteiger partial charge >= 0.3 is 5.69 Å². The minimum atomic E-state index is -0.654. The molecule has 2 aromatic rings. The van der Waals surface area contributed by atoms with E-state index in [9.17, 15) is 19.5 Å². The number of carbonyl (C=O) groups is 1. The number of aliphatic hydroxyl groups is 1. The molecule has 0 aliphatic heterocycles. The van der Waals surface area contributed by atoms with E-state index in [0.717, 1.165) is 23.0 Å². The number of Topliss-reactive ketones (excluding diaryl/α,β-unsaturated/α-hetero) is 1. The average molecular weight is 386 g/mol. The molecule has 0 unspecified atom stereocenters. The van der Waals surface area contributed by atoms with Gasteiger partial charge in [0.25, 0.3) is 5.56 Å². The van der Waals surface area contributed by atoms with Crippen LogP contribution in [0.25, 0.3) is 0 Å². The first-order valence-corrected chi connectivity index (χ1v) is 9.53. The van der Waals surface area contributed by atoms with E-state index in [0.29, 0.717) is 6.54 Å². The van der Waals surface area contributed by atoms with Crippen LogP contribution in [0.2, 0.25) is 0 Å². The zero-order valence-corrected chi connectivity index (χ0v) is 16.0. The van der Waals surface area contributed by atoms with Gasteiger partial charge in [0.1, 0.15) is 11.4 Å². The molecule has 0 amide bonds. The summed E-state index contributed by atoms with van der Waals surface area (Å²) in [5.41, 5.74) is 5.67. The number of rotatable bonds is 9. The molecule has 1 heterocycles. The van der Waals surface area contributed by atoms with E-state index in [1.54, 1.807) is 6.92 Å². The summed E-state index contributed by atoms with van der Waals surface area (Å²) in [5.74, 6) is -0.528. The van der Waals surface area contributed by atoms with Crippen molar-refractivity contribution in [1.82, 2.24) is 14.0 Å². The van der Waals surface area contributed by atoms with Crippen LogP contribution in [-0.2, 0) is 13.1 Å². The van der Waals surface area contributed by atoms with Gasteiger partial charge in [0.05, 0.1) is 19.7 Å². The summed E-state index contributed by atoms with van der Waals surface area (Å²) in [6.45, 7) is 2.30. The van der Waals surface area contributed by atoms with E-state index in [1.807, 2.05) is 35.2 Å². The first-order valence-electron chi connectivity index (χ1n) is 9.53.